The predicted octanol–water partition coefficient (Wildman–Crippen LogP) is 2.76. The van der Waals surface area contributed by atoms with Crippen LogP contribution in [-0.4, -0.2) is 9.97 Å². The molecule has 1 heterocycles. The molecule has 4 nitrogen and oxygen atoms in total. The van der Waals surface area contributed by atoms with Gasteiger partial charge in [0.1, 0.15) is 17.5 Å². The molecule has 2 rings (SSSR count). The molecule has 0 spiro atoms. The lowest BCUT2D eigenvalue weighted by Gasteiger charge is -2.06. The van der Waals surface area contributed by atoms with Gasteiger partial charge >= 0.3 is 0 Å². The second-order valence-electron chi connectivity index (χ2n) is 3.36. The van der Waals surface area contributed by atoms with Crippen LogP contribution in [0.2, 0.25) is 5.02 Å². The van der Waals surface area contributed by atoms with Gasteiger partial charge < -0.3 is 11.1 Å². The molecule has 3 N–H and O–H groups in total. The molecule has 0 saturated carbocycles. The third kappa shape index (κ3) is 2.61. The van der Waals surface area contributed by atoms with E-state index in [0.717, 1.165) is 5.69 Å². The van der Waals surface area contributed by atoms with Crippen LogP contribution in [0, 0.1) is 6.92 Å². The molecule has 0 aliphatic heterocycles. The maximum Gasteiger partial charge on any atom is 0.136 e. The molecule has 0 aliphatic carbocycles. The Bertz CT molecular complexity index is 493. The van der Waals surface area contributed by atoms with Crippen molar-refractivity contribution in [3.63, 3.8) is 0 Å². The Balaban J connectivity index is 2.27. The van der Waals surface area contributed by atoms with Crippen LogP contribution in [-0.2, 0) is 0 Å². The summed E-state index contributed by atoms with van der Waals surface area (Å²) in [4.78, 5) is 8.21. The average molecular weight is 235 g/mol. The second-order valence-corrected chi connectivity index (χ2v) is 3.80. The third-order valence-electron chi connectivity index (χ3n) is 1.95. The standard InChI is InChI=1S/C11H11ClN4/c1-7-14-10(13)6-11(15-7)16-9-4-2-3-8(12)5-9/h2-6H,1H3,(H3,13,14,15,16). The molecular formula is C11H11ClN4. The average Bonchev–Trinajstić information content (AvgIpc) is 2.15. The fourth-order valence-corrected chi connectivity index (χ4v) is 1.56. The van der Waals surface area contributed by atoms with E-state index in [1.807, 2.05) is 24.3 Å². The van der Waals surface area contributed by atoms with E-state index in [1.54, 1.807) is 13.0 Å². The van der Waals surface area contributed by atoms with E-state index >= 15 is 0 Å². The van der Waals surface area contributed by atoms with Crippen molar-refractivity contribution in [2.45, 2.75) is 6.92 Å². The number of nitrogens with zero attached hydrogens (tertiary/aromatic N) is 2. The van der Waals surface area contributed by atoms with Gasteiger partial charge in [0.05, 0.1) is 0 Å². The molecule has 2 aromatic rings. The third-order valence-corrected chi connectivity index (χ3v) is 2.19. The lowest BCUT2D eigenvalue weighted by atomic mass is 10.3. The topological polar surface area (TPSA) is 63.8 Å². The summed E-state index contributed by atoms with van der Waals surface area (Å²) in [5.74, 6) is 1.73. The number of nitrogens with one attached hydrogen (secondary N) is 1. The van der Waals surface area contributed by atoms with E-state index in [1.165, 1.54) is 0 Å². The Morgan fingerprint density at radius 2 is 2.06 bits per heavy atom. The van der Waals surface area contributed by atoms with Crippen molar-refractivity contribution in [2.75, 3.05) is 11.1 Å². The van der Waals surface area contributed by atoms with Crippen molar-refractivity contribution in [3.8, 4) is 0 Å². The summed E-state index contributed by atoms with van der Waals surface area (Å²) in [6.07, 6.45) is 0. The van der Waals surface area contributed by atoms with Crippen molar-refractivity contribution in [1.29, 1.82) is 0 Å². The summed E-state index contributed by atoms with van der Waals surface area (Å²) in [6, 6.07) is 9.07. The minimum absolute atomic E-state index is 0.442. The summed E-state index contributed by atoms with van der Waals surface area (Å²) in [6.45, 7) is 1.79. The molecule has 1 aromatic heterocycles. The van der Waals surface area contributed by atoms with Crippen molar-refractivity contribution in [1.82, 2.24) is 9.97 Å². The molecule has 0 atom stereocenters. The quantitative estimate of drug-likeness (QED) is 0.839. The minimum atomic E-state index is 0.442. The highest BCUT2D eigenvalue weighted by atomic mass is 35.5. The maximum atomic E-state index is 5.88. The van der Waals surface area contributed by atoms with E-state index < -0.39 is 0 Å². The van der Waals surface area contributed by atoms with Gasteiger partial charge in [-0.15, -0.1) is 0 Å². The van der Waals surface area contributed by atoms with Gasteiger partial charge in [0.15, 0.2) is 0 Å². The van der Waals surface area contributed by atoms with Crippen LogP contribution in [0.4, 0.5) is 17.3 Å². The Morgan fingerprint density at radius 1 is 1.25 bits per heavy atom. The number of aryl methyl sites for hydroxylation is 1. The first kappa shape index (κ1) is 10.7. The Morgan fingerprint density at radius 3 is 2.75 bits per heavy atom. The van der Waals surface area contributed by atoms with Gasteiger partial charge in [0.2, 0.25) is 0 Å². The summed E-state index contributed by atoms with van der Waals surface area (Å²) in [5.41, 5.74) is 6.49. The van der Waals surface area contributed by atoms with E-state index in [4.69, 9.17) is 17.3 Å². The van der Waals surface area contributed by atoms with Gasteiger partial charge in [0, 0.05) is 16.8 Å². The number of hydrogen-bond donors (Lipinski definition) is 2. The normalized spacial score (nSPS) is 10.1. The lowest BCUT2D eigenvalue weighted by molar-refractivity contribution is 1.06. The monoisotopic (exact) mass is 234 g/mol. The first-order chi connectivity index (χ1) is 7.63. The van der Waals surface area contributed by atoms with Crippen LogP contribution < -0.4 is 11.1 Å². The van der Waals surface area contributed by atoms with Crippen molar-refractivity contribution >= 4 is 28.9 Å². The van der Waals surface area contributed by atoms with Gasteiger partial charge in [-0.2, -0.15) is 0 Å². The molecule has 1 aromatic carbocycles. The fourth-order valence-electron chi connectivity index (χ4n) is 1.37. The largest absolute Gasteiger partial charge is 0.384 e. The molecule has 0 amide bonds. The Kier molecular flexibility index (Phi) is 2.92. The molecular weight excluding hydrogens is 224 g/mol. The Hall–Kier alpha value is -1.81. The van der Waals surface area contributed by atoms with Gasteiger partial charge in [0.25, 0.3) is 0 Å². The number of halogens is 1. The van der Waals surface area contributed by atoms with Crippen molar-refractivity contribution < 1.29 is 0 Å². The van der Waals surface area contributed by atoms with Crippen molar-refractivity contribution in [2.24, 2.45) is 0 Å². The molecule has 0 fully saturated rings. The molecule has 16 heavy (non-hydrogen) atoms. The van der Waals surface area contributed by atoms with E-state index in [2.05, 4.69) is 15.3 Å². The summed E-state index contributed by atoms with van der Waals surface area (Å²) < 4.78 is 0. The number of hydrogen-bond acceptors (Lipinski definition) is 4. The van der Waals surface area contributed by atoms with Gasteiger partial charge in [-0.05, 0) is 25.1 Å². The fraction of sp³-hybridized carbons (Fsp3) is 0.0909. The van der Waals surface area contributed by atoms with Crippen LogP contribution in [0.25, 0.3) is 0 Å². The van der Waals surface area contributed by atoms with Crippen LogP contribution in [0.1, 0.15) is 5.82 Å². The zero-order chi connectivity index (χ0) is 11.5. The van der Waals surface area contributed by atoms with Crippen molar-refractivity contribution in [3.05, 3.63) is 41.2 Å². The Labute approximate surface area is 98.5 Å². The van der Waals surface area contributed by atoms with Crippen LogP contribution in [0.3, 0.4) is 0 Å². The molecule has 0 bridgehead atoms. The number of benzene rings is 1. The molecule has 82 valence electrons. The van der Waals surface area contributed by atoms with Crippen LogP contribution in [0.15, 0.2) is 30.3 Å². The highest BCUT2D eigenvalue weighted by molar-refractivity contribution is 6.30. The lowest BCUT2D eigenvalue weighted by Crippen LogP contribution is -2.00. The van der Waals surface area contributed by atoms with E-state index in [9.17, 15) is 0 Å². The molecule has 0 radical (unpaired) electrons. The summed E-state index contributed by atoms with van der Waals surface area (Å²) in [7, 11) is 0. The van der Waals surface area contributed by atoms with Gasteiger partial charge in [-0.25, -0.2) is 9.97 Å². The number of nitrogens with two attached hydrogens (primary N) is 1. The zero-order valence-corrected chi connectivity index (χ0v) is 9.49. The van der Waals surface area contributed by atoms with Gasteiger partial charge in [-0.1, -0.05) is 17.7 Å². The SMILES string of the molecule is Cc1nc(N)cc(Nc2cccc(Cl)c2)n1. The predicted molar refractivity (Wildman–Crippen MR) is 65.9 cm³/mol. The highest BCUT2D eigenvalue weighted by Crippen LogP contribution is 2.19. The first-order valence-corrected chi connectivity index (χ1v) is 5.15. The molecule has 0 unspecified atom stereocenters. The smallest absolute Gasteiger partial charge is 0.136 e. The van der Waals surface area contributed by atoms with E-state index in [-0.39, 0.29) is 0 Å². The number of anilines is 3. The zero-order valence-electron chi connectivity index (χ0n) is 8.74. The minimum Gasteiger partial charge on any atom is -0.384 e. The molecule has 0 aliphatic rings. The van der Waals surface area contributed by atoms with Gasteiger partial charge in [-0.3, -0.25) is 0 Å². The number of rotatable bonds is 2. The number of nitrogen functional groups attached to an aromatic ring is 1. The maximum absolute atomic E-state index is 5.88. The first-order valence-electron chi connectivity index (χ1n) is 4.77. The number of aromatic nitrogens is 2. The van der Waals surface area contributed by atoms with Crippen LogP contribution >= 0.6 is 11.6 Å². The molecule has 5 heteroatoms. The van der Waals surface area contributed by atoms with Crippen LogP contribution in [0.5, 0.6) is 0 Å². The highest BCUT2D eigenvalue weighted by Gasteiger charge is 2.00. The second kappa shape index (κ2) is 4.37. The molecule has 0 saturated heterocycles. The van der Waals surface area contributed by atoms with E-state index in [0.29, 0.717) is 22.5 Å². The summed E-state index contributed by atoms with van der Waals surface area (Å²) >= 11 is 5.88. The summed E-state index contributed by atoms with van der Waals surface area (Å²) in [5, 5.41) is 3.78.